The van der Waals surface area contributed by atoms with Crippen molar-refractivity contribution in [2.45, 2.75) is 185 Å². The van der Waals surface area contributed by atoms with Crippen molar-refractivity contribution in [1.29, 1.82) is 0 Å². The summed E-state index contributed by atoms with van der Waals surface area (Å²) in [4.78, 5) is 58.4. The molecule has 10 nitrogen and oxygen atoms in total. The summed E-state index contributed by atoms with van der Waals surface area (Å²) in [6.07, 6.45) is 0.685. The van der Waals surface area contributed by atoms with Crippen LogP contribution in [-0.2, 0) is 31.4 Å². The number of amides is 4. The summed E-state index contributed by atoms with van der Waals surface area (Å²) >= 11 is 9.75. The third-order valence-electron chi connectivity index (χ3n) is 14.4. The van der Waals surface area contributed by atoms with Gasteiger partial charge in [-0.05, 0) is 0 Å². The molecule has 0 aliphatic heterocycles. The summed E-state index contributed by atoms with van der Waals surface area (Å²) in [6, 6.07) is 48.9. The summed E-state index contributed by atoms with van der Waals surface area (Å²) < 4.78 is 11.5. The van der Waals surface area contributed by atoms with Gasteiger partial charge in [-0.3, -0.25) is 0 Å². The molecule has 0 aliphatic rings. The second-order valence-corrected chi connectivity index (χ2v) is 47.1. The normalized spacial score (nSPS) is 15.5. The Hall–Kier alpha value is -4.60. The molecule has 5 rings (SSSR count). The van der Waals surface area contributed by atoms with Gasteiger partial charge in [-0.25, -0.2) is 0 Å². The van der Waals surface area contributed by atoms with Crippen molar-refractivity contribution in [2.75, 3.05) is 0 Å². The van der Waals surface area contributed by atoms with Crippen molar-refractivity contribution in [3.8, 4) is 0 Å². The fourth-order valence-corrected chi connectivity index (χ4v) is 27.8. The number of carbonyl (C=O) groups is 4. The maximum atomic E-state index is 15.6. The molecule has 4 N–H and O–H groups in total. The van der Waals surface area contributed by atoms with E-state index in [1.165, 1.54) is 0 Å². The van der Waals surface area contributed by atoms with Crippen molar-refractivity contribution in [3.05, 3.63) is 157 Å². The van der Waals surface area contributed by atoms with E-state index in [1.54, 1.807) is 0 Å². The predicted octanol–water partition coefficient (Wildman–Crippen LogP) is 15.4. The standard InChI is InChI=1S/C66H94Br2N4O6P2/c1-61(2,3)43-53(69-57(73)55(63(7,8)9)71-59(75)77-65(13,14)15)79(67,49-35-23-19-24-36-49,50-37-25-20-26-38-50)45-47-33-31-32-34-48(47)46-80(68,51-39-27-21-28-40-51,52-41-29-22-30-42-52)54(44-62(4,5)6)70-58(74)56(64(10,11)12)72-60(76)78-66(16,17)18/h19-42,53-56H,43-46H2,1-18H3,(H,69,73)(H,70,74)(H,71,75)(H,72,76)/t53?,54?,55-,56-/m1/s1. The number of halogens is 2. The Morgan fingerprint density at radius 2 is 0.625 bits per heavy atom. The molecule has 0 aliphatic carbocycles. The molecule has 80 heavy (non-hydrogen) atoms. The summed E-state index contributed by atoms with van der Waals surface area (Å²) in [5, 5.41) is 9.44. The Labute approximate surface area is 496 Å². The Kier molecular flexibility index (Phi) is 20.4. The number of rotatable bonds is 18. The van der Waals surface area contributed by atoms with Gasteiger partial charge in [0.25, 0.3) is 0 Å². The van der Waals surface area contributed by atoms with Crippen LogP contribution in [0.2, 0.25) is 0 Å². The van der Waals surface area contributed by atoms with Crippen LogP contribution in [0, 0.1) is 21.7 Å². The third kappa shape index (κ3) is 16.1. The Bertz CT molecular complexity index is 2630. The van der Waals surface area contributed by atoms with Crippen molar-refractivity contribution in [3.63, 3.8) is 0 Å². The summed E-state index contributed by atoms with van der Waals surface area (Å²) in [5.41, 5.74) is -1.53. The number of benzene rings is 5. The van der Waals surface area contributed by atoms with E-state index in [4.69, 9.17) is 40.5 Å². The summed E-state index contributed by atoms with van der Waals surface area (Å²) in [7, 11) is 0. The molecule has 0 saturated carbocycles. The molecule has 0 saturated heterocycles. The molecule has 0 bridgehead atoms. The van der Waals surface area contributed by atoms with Crippen LogP contribution in [0.4, 0.5) is 9.59 Å². The van der Waals surface area contributed by atoms with Crippen molar-refractivity contribution < 1.29 is 28.7 Å². The third-order valence-corrected chi connectivity index (χ3v) is 34.6. The molecular formula is C66H94Br2N4O6P2. The quantitative estimate of drug-likeness (QED) is 0.0646. The molecule has 14 heteroatoms. The Balaban J connectivity index is 1.90. The van der Waals surface area contributed by atoms with Gasteiger partial charge in [0.15, 0.2) is 0 Å². The van der Waals surface area contributed by atoms with E-state index in [9.17, 15) is 9.59 Å². The molecular weight excluding hydrogens is 1170 g/mol. The zero-order valence-electron chi connectivity index (χ0n) is 51.1. The molecule has 0 spiro atoms. The number of ether oxygens (including phenoxy) is 2. The van der Waals surface area contributed by atoms with Crippen molar-refractivity contribution >= 4 is 86.8 Å². The van der Waals surface area contributed by atoms with Crippen LogP contribution < -0.4 is 42.5 Å². The topological polar surface area (TPSA) is 135 Å². The SMILES string of the molecule is CC(C)(C)CC(NC(=O)[C@@H](NC(=O)OC(C)(C)C)C(C)(C)C)P(Br)(Cc1ccccc1CP(Br)(c1ccccc1)(c1ccccc1)C(CC(C)(C)C)NC(=O)[C@@H](NC(=O)OC(C)(C)C)C(C)(C)C)(c1ccccc1)c1ccccc1. The van der Waals surface area contributed by atoms with Gasteiger partial charge < -0.3 is 0 Å². The van der Waals surface area contributed by atoms with Gasteiger partial charge in [-0.15, -0.1) is 0 Å². The molecule has 5 aromatic rings. The monoisotopic (exact) mass is 1260 g/mol. The molecule has 4 amide bonds. The average molecular weight is 1260 g/mol. The molecule has 438 valence electrons. The molecule has 4 atom stereocenters. The second kappa shape index (κ2) is 24.7. The van der Waals surface area contributed by atoms with E-state index in [0.717, 1.165) is 32.3 Å². The van der Waals surface area contributed by atoms with Crippen LogP contribution in [0.3, 0.4) is 0 Å². The van der Waals surface area contributed by atoms with E-state index in [0.29, 0.717) is 25.2 Å². The van der Waals surface area contributed by atoms with Crippen molar-refractivity contribution in [2.24, 2.45) is 21.7 Å². The summed E-state index contributed by atoms with van der Waals surface area (Å²) in [6.45, 7) is 35.8. The van der Waals surface area contributed by atoms with Crippen LogP contribution in [0.25, 0.3) is 0 Å². The van der Waals surface area contributed by atoms with Gasteiger partial charge in [-0.2, -0.15) is 0 Å². The number of nitrogens with one attached hydrogen (secondary N) is 4. The Morgan fingerprint density at radius 1 is 0.388 bits per heavy atom. The number of hydrogen-bond donors (Lipinski definition) is 4. The van der Waals surface area contributed by atoms with E-state index in [-0.39, 0.29) is 22.6 Å². The predicted molar refractivity (Wildman–Crippen MR) is 347 cm³/mol. The van der Waals surface area contributed by atoms with Gasteiger partial charge in [0, 0.05) is 0 Å². The van der Waals surface area contributed by atoms with E-state index in [2.05, 4.69) is 184 Å². The van der Waals surface area contributed by atoms with Crippen molar-refractivity contribution in [1.82, 2.24) is 21.3 Å². The molecule has 5 aromatic carbocycles. The van der Waals surface area contributed by atoms with Crippen LogP contribution in [0.1, 0.15) is 149 Å². The number of alkyl carbamates (subject to hydrolysis) is 2. The molecule has 0 fully saturated rings. The molecule has 0 radical (unpaired) electrons. The van der Waals surface area contributed by atoms with Gasteiger partial charge in [0.05, 0.1) is 0 Å². The van der Waals surface area contributed by atoms with Gasteiger partial charge >= 0.3 is 500 Å². The fourth-order valence-electron chi connectivity index (χ4n) is 10.7. The first-order valence-corrected chi connectivity index (χ1v) is 37.0. The molecule has 0 heterocycles. The zero-order valence-corrected chi connectivity index (χ0v) is 56.1. The molecule has 0 aromatic heterocycles. The minimum absolute atomic E-state index is 0.319. The first-order chi connectivity index (χ1) is 36.7. The van der Waals surface area contributed by atoms with E-state index < -0.39 is 68.5 Å². The maximum absolute atomic E-state index is 15.6. The fraction of sp³-hybridized carbons (Fsp3) is 0.485. The van der Waals surface area contributed by atoms with Crippen LogP contribution in [-0.4, -0.2) is 58.9 Å². The minimum atomic E-state index is -4.07. The first-order valence-electron chi connectivity index (χ1n) is 28.0. The van der Waals surface area contributed by atoms with E-state index >= 15 is 9.59 Å². The number of hydrogen-bond acceptors (Lipinski definition) is 6. The number of carbonyl (C=O) groups excluding carboxylic acids is 4. The van der Waals surface area contributed by atoms with Crippen LogP contribution in [0.15, 0.2) is 146 Å². The second-order valence-electron chi connectivity index (χ2n) is 28.4. The van der Waals surface area contributed by atoms with Gasteiger partial charge in [0.1, 0.15) is 0 Å². The van der Waals surface area contributed by atoms with Crippen LogP contribution in [0.5, 0.6) is 0 Å². The average Bonchev–Trinajstić information content (AvgIpc) is 3.33. The van der Waals surface area contributed by atoms with Gasteiger partial charge in [-0.1, -0.05) is 0 Å². The van der Waals surface area contributed by atoms with E-state index in [1.807, 2.05) is 107 Å². The summed E-state index contributed by atoms with van der Waals surface area (Å²) in [5.74, 6) is -1.72. The van der Waals surface area contributed by atoms with Gasteiger partial charge in [0.2, 0.25) is 0 Å². The molecule has 2 unspecified atom stereocenters. The zero-order chi connectivity index (χ0) is 60.0. The Morgan fingerprint density at radius 3 is 0.838 bits per heavy atom. The first kappa shape index (κ1) is 66.2. The van der Waals surface area contributed by atoms with Crippen LogP contribution >= 0.6 is 41.6 Å².